The Morgan fingerprint density at radius 3 is 3.00 bits per heavy atom. The van der Waals surface area contributed by atoms with E-state index in [1.807, 2.05) is 25.1 Å². The molecule has 0 atom stereocenters. The SMILES string of the molecule is CCC/C=N/NC(=O)c1cccc(C)c1. The average molecular weight is 204 g/mol. The van der Waals surface area contributed by atoms with E-state index < -0.39 is 0 Å². The maximum absolute atomic E-state index is 11.5. The fourth-order valence-electron chi connectivity index (χ4n) is 1.15. The van der Waals surface area contributed by atoms with Gasteiger partial charge in [0, 0.05) is 11.8 Å². The number of rotatable bonds is 4. The Morgan fingerprint density at radius 2 is 2.33 bits per heavy atom. The molecule has 1 aromatic rings. The van der Waals surface area contributed by atoms with Crippen molar-refractivity contribution in [1.29, 1.82) is 0 Å². The lowest BCUT2D eigenvalue weighted by atomic mass is 10.1. The Labute approximate surface area is 90.2 Å². The highest BCUT2D eigenvalue weighted by molar-refractivity contribution is 5.94. The number of unbranched alkanes of at least 4 members (excludes halogenated alkanes) is 1. The summed E-state index contributed by atoms with van der Waals surface area (Å²) in [5, 5.41) is 3.84. The molecule has 0 unspecified atom stereocenters. The van der Waals surface area contributed by atoms with Gasteiger partial charge >= 0.3 is 0 Å². The lowest BCUT2D eigenvalue weighted by Crippen LogP contribution is -2.17. The highest BCUT2D eigenvalue weighted by Crippen LogP contribution is 2.03. The van der Waals surface area contributed by atoms with Crippen LogP contribution in [0.4, 0.5) is 0 Å². The van der Waals surface area contributed by atoms with E-state index in [1.54, 1.807) is 12.3 Å². The number of hydrogen-bond acceptors (Lipinski definition) is 2. The molecule has 0 saturated heterocycles. The molecule has 1 amide bonds. The van der Waals surface area contributed by atoms with Gasteiger partial charge in [-0.15, -0.1) is 0 Å². The van der Waals surface area contributed by atoms with Crippen LogP contribution in [0, 0.1) is 6.92 Å². The third kappa shape index (κ3) is 3.94. The number of nitrogens with zero attached hydrogens (tertiary/aromatic N) is 1. The minimum absolute atomic E-state index is 0.161. The summed E-state index contributed by atoms with van der Waals surface area (Å²) in [6.07, 6.45) is 3.63. The molecule has 0 spiro atoms. The lowest BCUT2D eigenvalue weighted by molar-refractivity contribution is 0.0955. The number of carbonyl (C=O) groups excluding carboxylic acids is 1. The van der Waals surface area contributed by atoms with E-state index >= 15 is 0 Å². The van der Waals surface area contributed by atoms with Gasteiger partial charge in [-0.2, -0.15) is 5.10 Å². The number of hydrazone groups is 1. The van der Waals surface area contributed by atoms with Gasteiger partial charge in [0.1, 0.15) is 0 Å². The van der Waals surface area contributed by atoms with Crippen molar-refractivity contribution in [2.24, 2.45) is 5.10 Å². The summed E-state index contributed by atoms with van der Waals surface area (Å²) in [5.41, 5.74) is 4.20. The highest BCUT2D eigenvalue weighted by atomic mass is 16.2. The smallest absolute Gasteiger partial charge is 0.267 e. The Kier molecular flexibility index (Phi) is 4.54. The van der Waals surface area contributed by atoms with Gasteiger partial charge in [0.25, 0.3) is 5.91 Å². The lowest BCUT2D eigenvalue weighted by Gasteiger charge is -2.00. The number of aryl methyl sites for hydroxylation is 1. The number of benzene rings is 1. The van der Waals surface area contributed by atoms with Gasteiger partial charge < -0.3 is 0 Å². The molecule has 0 fully saturated rings. The normalized spacial score (nSPS) is 10.5. The zero-order chi connectivity index (χ0) is 11.1. The molecule has 3 nitrogen and oxygen atoms in total. The van der Waals surface area contributed by atoms with Crippen LogP contribution in [-0.2, 0) is 0 Å². The second-order valence-electron chi connectivity index (χ2n) is 3.41. The quantitative estimate of drug-likeness (QED) is 0.594. The molecule has 0 aliphatic heterocycles. The first-order valence-corrected chi connectivity index (χ1v) is 5.12. The average Bonchev–Trinajstić information content (AvgIpc) is 2.24. The molecular weight excluding hydrogens is 188 g/mol. The van der Waals surface area contributed by atoms with E-state index in [0.29, 0.717) is 5.56 Å². The Bertz CT molecular complexity index is 358. The molecule has 0 aliphatic carbocycles. The second-order valence-corrected chi connectivity index (χ2v) is 3.41. The van der Waals surface area contributed by atoms with E-state index in [9.17, 15) is 4.79 Å². The van der Waals surface area contributed by atoms with Crippen molar-refractivity contribution in [3.8, 4) is 0 Å². The van der Waals surface area contributed by atoms with E-state index in [1.165, 1.54) is 0 Å². The molecule has 0 heterocycles. The number of hydrogen-bond donors (Lipinski definition) is 1. The molecular formula is C12H16N2O. The molecule has 0 radical (unpaired) electrons. The van der Waals surface area contributed by atoms with E-state index in [2.05, 4.69) is 17.5 Å². The van der Waals surface area contributed by atoms with Crippen molar-refractivity contribution in [3.63, 3.8) is 0 Å². The van der Waals surface area contributed by atoms with Gasteiger partial charge in [0.2, 0.25) is 0 Å². The largest absolute Gasteiger partial charge is 0.271 e. The summed E-state index contributed by atoms with van der Waals surface area (Å²) >= 11 is 0. The molecule has 1 aromatic carbocycles. The predicted octanol–water partition coefficient (Wildman–Crippen LogP) is 2.51. The molecule has 1 rings (SSSR count). The van der Waals surface area contributed by atoms with Crippen molar-refractivity contribution in [3.05, 3.63) is 35.4 Å². The molecule has 15 heavy (non-hydrogen) atoms. The number of nitrogens with one attached hydrogen (secondary N) is 1. The summed E-state index contributed by atoms with van der Waals surface area (Å²) in [4.78, 5) is 11.5. The minimum atomic E-state index is -0.161. The molecule has 0 aliphatic rings. The molecule has 1 N–H and O–H groups in total. The predicted molar refractivity (Wildman–Crippen MR) is 62.0 cm³/mol. The Hall–Kier alpha value is -1.64. The van der Waals surface area contributed by atoms with Crippen molar-refractivity contribution < 1.29 is 4.79 Å². The zero-order valence-corrected chi connectivity index (χ0v) is 9.16. The van der Waals surface area contributed by atoms with Crippen LogP contribution < -0.4 is 5.43 Å². The third-order valence-electron chi connectivity index (χ3n) is 1.96. The van der Waals surface area contributed by atoms with Crippen LogP contribution in [0.1, 0.15) is 35.7 Å². The third-order valence-corrected chi connectivity index (χ3v) is 1.96. The Balaban J connectivity index is 2.54. The van der Waals surface area contributed by atoms with Crippen molar-refractivity contribution in [2.45, 2.75) is 26.7 Å². The Morgan fingerprint density at radius 1 is 1.53 bits per heavy atom. The van der Waals surface area contributed by atoms with Crippen LogP contribution in [0.2, 0.25) is 0 Å². The molecule has 0 aromatic heterocycles. The van der Waals surface area contributed by atoms with Crippen LogP contribution in [0.25, 0.3) is 0 Å². The summed E-state index contributed by atoms with van der Waals surface area (Å²) in [6, 6.07) is 7.43. The van der Waals surface area contributed by atoms with Gasteiger partial charge in [0.15, 0.2) is 0 Å². The van der Waals surface area contributed by atoms with E-state index in [4.69, 9.17) is 0 Å². The summed E-state index contributed by atoms with van der Waals surface area (Å²) < 4.78 is 0. The van der Waals surface area contributed by atoms with Gasteiger partial charge in [0.05, 0.1) is 0 Å². The second kappa shape index (κ2) is 5.96. The molecule has 3 heteroatoms. The van der Waals surface area contributed by atoms with Crippen molar-refractivity contribution in [1.82, 2.24) is 5.43 Å². The van der Waals surface area contributed by atoms with Crippen molar-refractivity contribution >= 4 is 12.1 Å². The number of carbonyl (C=O) groups is 1. The van der Waals surface area contributed by atoms with Gasteiger partial charge in [-0.05, 0) is 25.5 Å². The summed E-state index contributed by atoms with van der Waals surface area (Å²) in [7, 11) is 0. The van der Waals surface area contributed by atoms with Crippen LogP contribution in [0.3, 0.4) is 0 Å². The topological polar surface area (TPSA) is 41.5 Å². The standard InChI is InChI=1S/C12H16N2O/c1-3-4-8-13-14-12(15)11-7-5-6-10(2)9-11/h5-9H,3-4H2,1-2H3,(H,14,15)/b13-8+. The van der Waals surface area contributed by atoms with E-state index in [0.717, 1.165) is 18.4 Å². The first-order chi connectivity index (χ1) is 7.24. The first-order valence-electron chi connectivity index (χ1n) is 5.12. The molecule has 0 bridgehead atoms. The fraction of sp³-hybridized carbons (Fsp3) is 0.333. The van der Waals surface area contributed by atoms with Crippen molar-refractivity contribution in [2.75, 3.05) is 0 Å². The molecule has 0 saturated carbocycles. The first kappa shape index (κ1) is 11.4. The molecule has 80 valence electrons. The van der Waals surface area contributed by atoms with Gasteiger partial charge in [-0.25, -0.2) is 5.43 Å². The maximum Gasteiger partial charge on any atom is 0.271 e. The maximum atomic E-state index is 11.5. The number of amides is 1. The monoisotopic (exact) mass is 204 g/mol. The summed E-state index contributed by atoms with van der Waals surface area (Å²) in [6.45, 7) is 4.02. The van der Waals surface area contributed by atoms with Gasteiger partial charge in [-0.3, -0.25) is 4.79 Å². The minimum Gasteiger partial charge on any atom is -0.267 e. The summed E-state index contributed by atoms with van der Waals surface area (Å²) in [5.74, 6) is -0.161. The van der Waals surface area contributed by atoms with Crippen LogP contribution in [-0.4, -0.2) is 12.1 Å². The van der Waals surface area contributed by atoms with E-state index in [-0.39, 0.29) is 5.91 Å². The van der Waals surface area contributed by atoms with Gasteiger partial charge in [-0.1, -0.05) is 31.0 Å². The zero-order valence-electron chi connectivity index (χ0n) is 9.16. The van der Waals surface area contributed by atoms with Crippen LogP contribution in [0.15, 0.2) is 29.4 Å². The fourth-order valence-corrected chi connectivity index (χ4v) is 1.15. The van der Waals surface area contributed by atoms with Crippen LogP contribution >= 0.6 is 0 Å². The highest BCUT2D eigenvalue weighted by Gasteiger charge is 2.02. The van der Waals surface area contributed by atoms with Crippen LogP contribution in [0.5, 0.6) is 0 Å².